The summed E-state index contributed by atoms with van der Waals surface area (Å²) in [7, 11) is 1.95. The second-order valence-electron chi connectivity index (χ2n) is 6.39. The molecule has 0 saturated heterocycles. The number of alkyl halides is 2. The number of aryl methyl sites for hydroxylation is 2. The van der Waals surface area contributed by atoms with E-state index in [-0.39, 0.29) is 18.0 Å². The Morgan fingerprint density at radius 1 is 1.19 bits per heavy atom. The largest absolute Gasteiger partial charge is 0.435 e. The summed E-state index contributed by atoms with van der Waals surface area (Å²) in [6.07, 6.45) is 1.96. The molecule has 0 radical (unpaired) electrons. The first-order valence-corrected chi connectivity index (χ1v) is 8.72. The van der Waals surface area contributed by atoms with Crippen LogP contribution in [-0.2, 0) is 6.42 Å². The van der Waals surface area contributed by atoms with Gasteiger partial charge in [0, 0.05) is 25.6 Å². The molecule has 0 spiro atoms. The molecular formula is C21H24F2N2O2. The second kappa shape index (κ2) is 9.26. The Labute approximate surface area is 158 Å². The van der Waals surface area contributed by atoms with E-state index >= 15 is 0 Å². The fraction of sp³-hybridized carbons (Fsp3) is 0.333. The molecule has 6 heteroatoms. The molecule has 0 heterocycles. The number of rotatable bonds is 8. The average molecular weight is 374 g/mol. The van der Waals surface area contributed by atoms with Crippen molar-refractivity contribution in [3.8, 4) is 5.75 Å². The fourth-order valence-corrected chi connectivity index (χ4v) is 2.55. The lowest BCUT2D eigenvalue weighted by Gasteiger charge is -2.12. The lowest BCUT2D eigenvalue weighted by molar-refractivity contribution is -0.0498. The van der Waals surface area contributed by atoms with Gasteiger partial charge in [-0.05, 0) is 61.7 Å². The van der Waals surface area contributed by atoms with E-state index in [9.17, 15) is 13.6 Å². The van der Waals surface area contributed by atoms with Crippen molar-refractivity contribution < 1.29 is 18.3 Å². The maximum absolute atomic E-state index is 12.7. The van der Waals surface area contributed by atoms with E-state index in [0.29, 0.717) is 5.56 Å². The molecule has 2 aromatic carbocycles. The zero-order valence-electron chi connectivity index (χ0n) is 16.0. The SMILES string of the molecule is CCN(C)C=Nc1cc(C)c(C(=O)Cc2ccc(OC(F)F)cc2)cc1C. The summed E-state index contributed by atoms with van der Waals surface area (Å²) in [4.78, 5) is 19.1. The topological polar surface area (TPSA) is 41.9 Å². The van der Waals surface area contributed by atoms with Gasteiger partial charge in [0.25, 0.3) is 0 Å². The van der Waals surface area contributed by atoms with E-state index in [1.807, 2.05) is 44.9 Å². The first kappa shape index (κ1) is 20.6. The molecule has 27 heavy (non-hydrogen) atoms. The van der Waals surface area contributed by atoms with Gasteiger partial charge in [-0.25, -0.2) is 4.99 Å². The van der Waals surface area contributed by atoms with Crippen molar-refractivity contribution in [3.05, 3.63) is 58.7 Å². The number of aliphatic imine (C=N–C) groups is 1. The van der Waals surface area contributed by atoms with E-state index in [1.54, 1.807) is 18.5 Å². The van der Waals surface area contributed by atoms with Gasteiger partial charge in [0.1, 0.15) is 5.75 Å². The van der Waals surface area contributed by atoms with Gasteiger partial charge in [0.2, 0.25) is 0 Å². The van der Waals surface area contributed by atoms with E-state index in [1.165, 1.54) is 12.1 Å². The van der Waals surface area contributed by atoms with Crippen LogP contribution in [0.15, 0.2) is 41.4 Å². The molecule has 0 aromatic heterocycles. The number of hydrogen-bond acceptors (Lipinski definition) is 3. The molecule has 0 unspecified atom stereocenters. The summed E-state index contributed by atoms with van der Waals surface area (Å²) in [6, 6.07) is 9.88. The van der Waals surface area contributed by atoms with Gasteiger partial charge >= 0.3 is 6.61 Å². The number of halogens is 2. The molecule has 0 N–H and O–H groups in total. The number of Topliss-reactive ketones (excluding diaryl/α,β-unsaturated/α-hetero) is 1. The molecule has 144 valence electrons. The zero-order valence-corrected chi connectivity index (χ0v) is 16.0. The Kier molecular flexibility index (Phi) is 7.05. The first-order chi connectivity index (χ1) is 12.8. The Bertz CT molecular complexity index is 818. The maximum Gasteiger partial charge on any atom is 0.387 e. The molecule has 0 fully saturated rings. The standard InChI is InChI=1S/C21H24F2N2O2/c1-5-25(4)13-24-19-11-14(2)18(10-15(19)3)20(26)12-16-6-8-17(9-7-16)27-21(22)23/h6-11,13,21H,5,12H2,1-4H3. The molecular weight excluding hydrogens is 350 g/mol. The highest BCUT2D eigenvalue weighted by molar-refractivity contribution is 5.99. The van der Waals surface area contributed by atoms with E-state index in [4.69, 9.17) is 0 Å². The summed E-state index contributed by atoms with van der Waals surface area (Å²) >= 11 is 0. The summed E-state index contributed by atoms with van der Waals surface area (Å²) < 4.78 is 28.7. The molecule has 4 nitrogen and oxygen atoms in total. The second-order valence-corrected chi connectivity index (χ2v) is 6.39. The van der Waals surface area contributed by atoms with Crippen LogP contribution in [0.25, 0.3) is 0 Å². The number of carbonyl (C=O) groups excluding carboxylic acids is 1. The predicted molar refractivity (Wildman–Crippen MR) is 103 cm³/mol. The fourth-order valence-electron chi connectivity index (χ4n) is 2.55. The van der Waals surface area contributed by atoms with Crippen molar-refractivity contribution in [1.82, 2.24) is 4.90 Å². The van der Waals surface area contributed by atoms with Crippen molar-refractivity contribution in [3.63, 3.8) is 0 Å². The van der Waals surface area contributed by atoms with E-state index in [2.05, 4.69) is 9.73 Å². The molecule has 2 rings (SSSR count). The van der Waals surface area contributed by atoms with Gasteiger partial charge in [-0.2, -0.15) is 8.78 Å². The van der Waals surface area contributed by atoms with Crippen molar-refractivity contribution in [2.75, 3.05) is 13.6 Å². The Morgan fingerprint density at radius 2 is 1.85 bits per heavy atom. The van der Waals surface area contributed by atoms with Crippen LogP contribution < -0.4 is 4.74 Å². The Hall–Kier alpha value is -2.76. The molecule has 0 atom stereocenters. The van der Waals surface area contributed by atoms with Gasteiger partial charge < -0.3 is 9.64 Å². The molecule has 0 aliphatic carbocycles. The van der Waals surface area contributed by atoms with Gasteiger partial charge in [-0.3, -0.25) is 4.79 Å². The minimum atomic E-state index is -2.86. The molecule has 0 aliphatic heterocycles. The third-order valence-corrected chi connectivity index (χ3v) is 4.25. The normalized spacial score (nSPS) is 11.2. The number of hydrogen-bond donors (Lipinski definition) is 0. The quantitative estimate of drug-likeness (QED) is 0.373. The van der Waals surface area contributed by atoms with Gasteiger partial charge in [-0.1, -0.05) is 12.1 Å². The average Bonchev–Trinajstić information content (AvgIpc) is 2.62. The Morgan fingerprint density at radius 3 is 2.44 bits per heavy atom. The summed E-state index contributed by atoms with van der Waals surface area (Å²) in [5.74, 6) is 0.0480. The molecule has 0 saturated carbocycles. The van der Waals surface area contributed by atoms with Crippen LogP contribution in [0.3, 0.4) is 0 Å². The highest BCUT2D eigenvalue weighted by Crippen LogP contribution is 2.24. The van der Waals surface area contributed by atoms with Crippen LogP contribution >= 0.6 is 0 Å². The highest BCUT2D eigenvalue weighted by Gasteiger charge is 2.13. The molecule has 2 aromatic rings. The number of ether oxygens (including phenoxy) is 1. The van der Waals surface area contributed by atoms with Crippen molar-refractivity contribution >= 4 is 17.8 Å². The van der Waals surface area contributed by atoms with Crippen LogP contribution in [0, 0.1) is 13.8 Å². The summed E-state index contributed by atoms with van der Waals surface area (Å²) in [5, 5.41) is 0. The summed E-state index contributed by atoms with van der Waals surface area (Å²) in [6.45, 7) is 3.85. The monoisotopic (exact) mass is 374 g/mol. The van der Waals surface area contributed by atoms with E-state index < -0.39 is 6.61 Å². The highest BCUT2D eigenvalue weighted by atomic mass is 19.3. The van der Waals surface area contributed by atoms with E-state index in [0.717, 1.165) is 28.9 Å². The van der Waals surface area contributed by atoms with Crippen molar-refractivity contribution in [2.24, 2.45) is 4.99 Å². The van der Waals surface area contributed by atoms with Crippen LogP contribution in [0.4, 0.5) is 14.5 Å². The smallest absolute Gasteiger partial charge is 0.387 e. The minimum absolute atomic E-state index is 0.0284. The van der Waals surface area contributed by atoms with Crippen molar-refractivity contribution in [1.29, 1.82) is 0 Å². The number of nitrogens with zero attached hydrogens (tertiary/aromatic N) is 2. The third-order valence-electron chi connectivity index (χ3n) is 4.25. The summed E-state index contributed by atoms with van der Waals surface area (Å²) in [5.41, 5.74) is 3.99. The van der Waals surface area contributed by atoms with Crippen LogP contribution in [0.5, 0.6) is 5.75 Å². The van der Waals surface area contributed by atoms with Crippen LogP contribution in [-0.4, -0.2) is 37.2 Å². The molecule has 0 bridgehead atoms. The third kappa shape index (κ3) is 5.88. The Balaban J connectivity index is 2.14. The lowest BCUT2D eigenvalue weighted by atomic mass is 9.96. The van der Waals surface area contributed by atoms with Crippen LogP contribution in [0.2, 0.25) is 0 Å². The minimum Gasteiger partial charge on any atom is -0.435 e. The predicted octanol–water partition coefficient (Wildman–Crippen LogP) is 4.94. The lowest BCUT2D eigenvalue weighted by Crippen LogP contribution is -2.14. The molecule has 0 aliphatic rings. The van der Waals surface area contributed by atoms with Crippen LogP contribution in [0.1, 0.15) is 34.0 Å². The van der Waals surface area contributed by atoms with Gasteiger partial charge in [0.05, 0.1) is 12.0 Å². The first-order valence-electron chi connectivity index (χ1n) is 8.72. The number of carbonyl (C=O) groups is 1. The molecule has 0 amide bonds. The zero-order chi connectivity index (χ0) is 20.0. The van der Waals surface area contributed by atoms with Gasteiger partial charge in [-0.15, -0.1) is 0 Å². The number of benzene rings is 2. The maximum atomic E-state index is 12.7. The van der Waals surface area contributed by atoms with Gasteiger partial charge in [0.15, 0.2) is 5.78 Å². The van der Waals surface area contributed by atoms with Crippen molar-refractivity contribution in [2.45, 2.75) is 33.8 Å². The number of ketones is 1.